The number of benzene rings is 1. The van der Waals surface area contributed by atoms with E-state index in [1.807, 2.05) is 60.7 Å². The fourth-order valence-electron chi connectivity index (χ4n) is 3.05. The molecule has 0 unspecified atom stereocenters. The molecule has 1 aromatic carbocycles. The average molecular weight is 368 g/mol. The fourth-order valence-corrected chi connectivity index (χ4v) is 3.05. The largest absolute Gasteiger partial charge is 0.398 e. The zero-order chi connectivity index (χ0) is 19.3. The van der Waals surface area contributed by atoms with Crippen LogP contribution in [0.2, 0.25) is 0 Å². The molecule has 1 aliphatic heterocycles. The first-order valence-corrected chi connectivity index (χ1v) is 8.95. The molecule has 0 fully saturated rings. The standard InChI is InChI=1S/C23H20N4O/c1-17-19-10-12-25-15-22(19)27(28-23-16-26-13-11-20(17)23)14-6-5-9-21(24)18-7-3-2-4-8-18/h2-13,15-16H,1,14,24H2/b6-5-,21-9-. The predicted molar refractivity (Wildman–Crippen MR) is 112 cm³/mol. The lowest BCUT2D eigenvalue weighted by atomic mass is 10.00. The lowest BCUT2D eigenvalue weighted by Crippen LogP contribution is -2.27. The Kier molecular flexibility index (Phi) is 4.89. The van der Waals surface area contributed by atoms with Crippen LogP contribution in [-0.4, -0.2) is 16.5 Å². The third kappa shape index (κ3) is 3.50. The van der Waals surface area contributed by atoms with Crippen LogP contribution in [0.1, 0.15) is 16.7 Å². The van der Waals surface area contributed by atoms with Gasteiger partial charge in [-0.2, -0.15) is 0 Å². The lowest BCUT2D eigenvalue weighted by Gasteiger charge is -2.22. The van der Waals surface area contributed by atoms with E-state index in [-0.39, 0.29) is 0 Å². The van der Waals surface area contributed by atoms with Crippen molar-refractivity contribution in [2.24, 2.45) is 5.73 Å². The minimum absolute atomic E-state index is 0.513. The number of fused-ring (bicyclic) bond motifs is 2. The van der Waals surface area contributed by atoms with Crippen LogP contribution in [0, 0.1) is 0 Å². The Labute approximate surface area is 164 Å². The molecule has 4 rings (SSSR count). The molecule has 0 atom stereocenters. The summed E-state index contributed by atoms with van der Waals surface area (Å²) >= 11 is 0. The highest BCUT2D eigenvalue weighted by Gasteiger charge is 2.22. The predicted octanol–water partition coefficient (Wildman–Crippen LogP) is 4.21. The van der Waals surface area contributed by atoms with Crippen molar-refractivity contribution in [3.05, 3.63) is 109 Å². The van der Waals surface area contributed by atoms with Gasteiger partial charge in [0.15, 0.2) is 5.75 Å². The van der Waals surface area contributed by atoms with Crippen LogP contribution in [0.15, 0.2) is 92.1 Å². The Hall–Kier alpha value is -3.86. The Morgan fingerprint density at radius 2 is 1.79 bits per heavy atom. The number of rotatable bonds is 4. The van der Waals surface area contributed by atoms with Gasteiger partial charge >= 0.3 is 0 Å². The maximum Gasteiger partial charge on any atom is 0.181 e. The van der Waals surface area contributed by atoms with Gasteiger partial charge in [0.1, 0.15) is 5.69 Å². The SMILES string of the molecule is C=C1c2ccncc2ON(C/C=C\C=C(/N)c2ccccc2)c2cnccc21. The second-order valence-electron chi connectivity index (χ2n) is 6.31. The number of allylic oxidation sites excluding steroid dienone is 2. The first kappa shape index (κ1) is 17.5. The molecular formula is C23H20N4O. The molecule has 1 aliphatic rings. The van der Waals surface area contributed by atoms with E-state index in [1.165, 1.54) is 0 Å². The van der Waals surface area contributed by atoms with Crippen molar-refractivity contribution in [3.63, 3.8) is 0 Å². The number of anilines is 1. The molecule has 138 valence electrons. The fraction of sp³-hybridized carbons (Fsp3) is 0.0435. The van der Waals surface area contributed by atoms with E-state index in [0.29, 0.717) is 18.0 Å². The molecule has 5 heteroatoms. The van der Waals surface area contributed by atoms with Crippen molar-refractivity contribution in [2.75, 3.05) is 11.6 Å². The summed E-state index contributed by atoms with van der Waals surface area (Å²) in [5.41, 5.74) is 11.5. The van der Waals surface area contributed by atoms with Gasteiger partial charge in [-0.3, -0.25) is 9.97 Å². The molecular weight excluding hydrogens is 348 g/mol. The number of nitrogens with zero attached hydrogens (tertiary/aromatic N) is 3. The first-order chi connectivity index (χ1) is 13.7. The summed E-state index contributed by atoms with van der Waals surface area (Å²) in [4.78, 5) is 14.5. The van der Waals surface area contributed by atoms with Crippen LogP contribution in [0.25, 0.3) is 11.3 Å². The van der Waals surface area contributed by atoms with Gasteiger partial charge in [0.05, 0.1) is 18.9 Å². The zero-order valence-corrected chi connectivity index (χ0v) is 15.3. The van der Waals surface area contributed by atoms with E-state index in [4.69, 9.17) is 10.6 Å². The third-order valence-corrected chi connectivity index (χ3v) is 4.50. The zero-order valence-electron chi connectivity index (χ0n) is 15.3. The molecule has 0 aliphatic carbocycles. The van der Waals surface area contributed by atoms with Gasteiger partial charge < -0.3 is 10.6 Å². The molecule has 3 heterocycles. The van der Waals surface area contributed by atoms with Gasteiger partial charge in [-0.25, -0.2) is 5.06 Å². The van der Waals surface area contributed by atoms with Gasteiger partial charge in [0.2, 0.25) is 0 Å². The molecule has 2 N–H and O–H groups in total. The average Bonchev–Trinajstić information content (AvgIpc) is 2.87. The Balaban J connectivity index is 1.59. The quantitative estimate of drug-likeness (QED) is 0.699. The van der Waals surface area contributed by atoms with E-state index in [0.717, 1.165) is 28.0 Å². The molecule has 0 saturated carbocycles. The van der Waals surface area contributed by atoms with Crippen LogP contribution in [0.4, 0.5) is 5.69 Å². The van der Waals surface area contributed by atoms with Gasteiger partial charge in [-0.1, -0.05) is 49.1 Å². The smallest absolute Gasteiger partial charge is 0.181 e. The minimum Gasteiger partial charge on any atom is -0.398 e. The molecule has 0 saturated heterocycles. The van der Waals surface area contributed by atoms with Gasteiger partial charge in [-0.15, -0.1) is 0 Å². The number of nitrogens with two attached hydrogens (primary N) is 1. The second-order valence-corrected chi connectivity index (χ2v) is 6.31. The summed E-state index contributed by atoms with van der Waals surface area (Å²) in [5.74, 6) is 0.663. The number of hydrogen-bond donors (Lipinski definition) is 1. The third-order valence-electron chi connectivity index (χ3n) is 4.50. The molecule has 0 bridgehead atoms. The van der Waals surface area contributed by atoms with E-state index in [2.05, 4.69) is 16.5 Å². The van der Waals surface area contributed by atoms with Crippen molar-refractivity contribution < 1.29 is 4.84 Å². The summed E-state index contributed by atoms with van der Waals surface area (Å²) < 4.78 is 0. The topological polar surface area (TPSA) is 64.3 Å². The molecule has 0 spiro atoms. The maximum atomic E-state index is 6.13. The highest BCUT2D eigenvalue weighted by molar-refractivity contribution is 5.87. The van der Waals surface area contributed by atoms with E-state index in [9.17, 15) is 0 Å². The summed E-state index contributed by atoms with van der Waals surface area (Å²) in [6.45, 7) is 4.75. The van der Waals surface area contributed by atoms with E-state index >= 15 is 0 Å². The second kappa shape index (κ2) is 7.80. The number of hydrogen-bond acceptors (Lipinski definition) is 5. The summed E-state index contributed by atoms with van der Waals surface area (Å²) in [7, 11) is 0. The lowest BCUT2D eigenvalue weighted by molar-refractivity contribution is 0.290. The van der Waals surface area contributed by atoms with Crippen LogP contribution < -0.4 is 15.6 Å². The molecule has 0 radical (unpaired) electrons. The monoisotopic (exact) mass is 368 g/mol. The molecule has 2 aromatic heterocycles. The highest BCUT2D eigenvalue weighted by Crippen LogP contribution is 2.38. The minimum atomic E-state index is 0.513. The molecule has 0 amide bonds. The van der Waals surface area contributed by atoms with Gasteiger partial charge in [-0.05, 0) is 29.3 Å². The molecule has 3 aromatic rings. The Bertz CT molecular complexity index is 1060. The maximum absolute atomic E-state index is 6.13. The Morgan fingerprint density at radius 3 is 2.61 bits per heavy atom. The van der Waals surface area contributed by atoms with Crippen LogP contribution in [0.5, 0.6) is 5.75 Å². The molecule has 5 nitrogen and oxygen atoms in total. The number of pyridine rings is 2. The number of hydroxylamine groups is 1. The summed E-state index contributed by atoms with van der Waals surface area (Å²) in [5, 5.41) is 1.78. The van der Waals surface area contributed by atoms with E-state index in [1.54, 1.807) is 29.9 Å². The van der Waals surface area contributed by atoms with Gasteiger partial charge in [0.25, 0.3) is 0 Å². The summed E-state index contributed by atoms with van der Waals surface area (Å²) in [6, 6.07) is 13.7. The van der Waals surface area contributed by atoms with Crippen LogP contribution in [0.3, 0.4) is 0 Å². The van der Waals surface area contributed by atoms with E-state index < -0.39 is 0 Å². The molecule has 28 heavy (non-hydrogen) atoms. The Morgan fingerprint density at radius 1 is 1.04 bits per heavy atom. The van der Waals surface area contributed by atoms with Crippen molar-refractivity contribution in [3.8, 4) is 5.75 Å². The van der Waals surface area contributed by atoms with Gasteiger partial charge in [0, 0.05) is 29.2 Å². The van der Waals surface area contributed by atoms with Crippen molar-refractivity contribution in [1.29, 1.82) is 0 Å². The van der Waals surface area contributed by atoms with Crippen molar-refractivity contribution in [2.45, 2.75) is 0 Å². The number of aromatic nitrogens is 2. The van der Waals surface area contributed by atoms with Crippen molar-refractivity contribution in [1.82, 2.24) is 9.97 Å². The van der Waals surface area contributed by atoms with Crippen molar-refractivity contribution >= 4 is 17.0 Å². The highest BCUT2D eigenvalue weighted by atomic mass is 16.7. The normalized spacial score (nSPS) is 13.6. The van der Waals surface area contributed by atoms with Crippen LogP contribution >= 0.6 is 0 Å². The summed E-state index contributed by atoms with van der Waals surface area (Å²) in [6.07, 6.45) is 12.8. The van der Waals surface area contributed by atoms with Crippen LogP contribution in [-0.2, 0) is 0 Å². The first-order valence-electron chi connectivity index (χ1n) is 8.95.